The first-order chi connectivity index (χ1) is 7.18. The molecule has 0 saturated heterocycles. The molecular weight excluding hydrogens is 206 g/mol. The van der Waals surface area contributed by atoms with Crippen molar-refractivity contribution in [1.82, 2.24) is 9.97 Å². The molecule has 4 heteroatoms. The summed E-state index contributed by atoms with van der Waals surface area (Å²) in [5, 5.41) is 3.05. The topological polar surface area (TPSA) is 51.8 Å². The zero-order valence-electron chi connectivity index (χ0n) is 8.77. The summed E-state index contributed by atoms with van der Waals surface area (Å²) in [5.41, 5.74) is 9.26. The number of rotatable bonds is 2. The first kappa shape index (κ1) is 10.3. The smallest absolute Gasteiger partial charge is 0.0898 e. The molecule has 2 aromatic rings. The average molecular weight is 219 g/mol. The lowest BCUT2D eigenvalue weighted by Crippen LogP contribution is -2.13. The maximum atomic E-state index is 6.13. The molecule has 15 heavy (non-hydrogen) atoms. The Morgan fingerprint density at radius 2 is 2.20 bits per heavy atom. The van der Waals surface area contributed by atoms with Crippen molar-refractivity contribution in [1.29, 1.82) is 0 Å². The van der Waals surface area contributed by atoms with Gasteiger partial charge in [0, 0.05) is 17.8 Å². The van der Waals surface area contributed by atoms with Crippen LogP contribution in [0.5, 0.6) is 0 Å². The van der Waals surface area contributed by atoms with Crippen LogP contribution in [0.2, 0.25) is 0 Å². The van der Waals surface area contributed by atoms with Crippen LogP contribution in [-0.4, -0.2) is 9.97 Å². The van der Waals surface area contributed by atoms with E-state index >= 15 is 0 Å². The quantitative estimate of drug-likeness (QED) is 0.842. The summed E-state index contributed by atoms with van der Waals surface area (Å²) >= 11 is 1.62. The lowest BCUT2D eigenvalue weighted by molar-refractivity contribution is 0.819. The maximum absolute atomic E-state index is 6.13. The molecule has 2 rings (SSSR count). The van der Waals surface area contributed by atoms with Crippen LogP contribution in [0.3, 0.4) is 0 Å². The fourth-order valence-electron chi connectivity index (χ4n) is 1.48. The molecule has 0 aliphatic carbocycles. The highest BCUT2D eigenvalue weighted by molar-refractivity contribution is 7.09. The summed E-state index contributed by atoms with van der Waals surface area (Å²) in [4.78, 5) is 8.49. The molecule has 0 spiro atoms. The SMILES string of the molecule is Cc1nc(C(N)c2cnccc2C)cs1. The largest absolute Gasteiger partial charge is 0.319 e. The van der Waals surface area contributed by atoms with Crippen molar-refractivity contribution in [2.45, 2.75) is 19.9 Å². The van der Waals surface area contributed by atoms with Gasteiger partial charge in [-0.2, -0.15) is 0 Å². The van der Waals surface area contributed by atoms with E-state index in [1.165, 1.54) is 0 Å². The van der Waals surface area contributed by atoms with Crippen LogP contribution < -0.4 is 5.73 Å². The van der Waals surface area contributed by atoms with Crippen LogP contribution in [0.15, 0.2) is 23.8 Å². The molecule has 0 aromatic carbocycles. The molecule has 0 aliphatic rings. The molecule has 0 saturated carbocycles. The lowest BCUT2D eigenvalue weighted by atomic mass is 10.0. The van der Waals surface area contributed by atoms with Gasteiger partial charge in [0.15, 0.2) is 0 Å². The van der Waals surface area contributed by atoms with Crippen molar-refractivity contribution < 1.29 is 0 Å². The summed E-state index contributed by atoms with van der Waals surface area (Å²) in [5.74, 6) is 0. The summed E-state index contributed by atoms with van der Waals surface area (Å²) in [6.45, 7) is 4.02. The number of pyridine rings is 1. The first-order valence-corrected chi connectivity index (χ1v) is 5.64. The van der Waals surface area contributed by atoms with Crippen LogP contribution >= 0.6 is 11.3 Å². The predicted octanol–water partition coefficient (Wildman–Crippen LogP) is 2.20. The van der Waals surface area contributed by atoms with Crippen LogP contribution in [0.4, 0.5) is 0 Å². The Balaban J connectivity index is 2.36. The molecule has 1 atom stereocenters. The highest BCUT2D eigenvalue weighted by atomic mass is 32.1. The molecule has 0 bridgehead atoms. The molecule has 3 nitrogen and oxygen atoms in total. The lowest BCUT2D eigenvalue weighted by Gasteiger charge is -2.11. The van der Waals surface area contributed by atoms with E-state index in [-0.39, 0.29) is 6.04 Å². The maximum Gasteiger partial charge on any atom is 0.0898 e. The van der Waals surface area contributed by atoms with Gasteiger partial charge in [-0.25, -0.2) is 4.98 Å². The van der Waals surface area contributed by atoms with E-state index in [9.17, 15) is 0 Å². The van der Waals surface area contributed by atoms with E-state index in [0.29, 0.717) is 0 Å². The zero-order valence-corrected chi connectivity index (χ0v) is 9.58. The minimum Gasteiger partial charge on any atom is -0.319 e. The van der Waals surface area contributed by atoms with Gasteiger partial charge in [-0.3, -0.25) is 4.98 Å². The van der Waals surface area contributed by atoms with Crippen LogP contribution in [0.25, 0.3) is 0 Å². The second kappa shape index (κ2) is 4.08. The Hall–Kier alpha value is -1.26. The van der Waals surface area contributed by atoms with E-state index in [2.05, 4.69) is 9.97 Å². The predicted molar refractivity (Wildman–Crippen MR) is 61.9 cm³/mol. The molecule has 78 valence electrons. The summed E-state index contributed by atoms with van der Waals surface area (Å²) < 4.78 is 0. The summed E-state index contributed by atoms with van der Waals surface area (Å²) in [6, 6.07) is 1.80. The highest BCUT2D eigenvalue weighted by Crippen LogP contribution is 2.22. The number of nitrogens with zero attached hydrogens (tertiary/aromatic N) is 2. The average Bonchev–Trinajstić information content (AvgIpc) is 2.65. The van der Waals surface area contributed by atoms with Gasteiger partial charge in [0.2, 0.25) is 0 Å². The van der Waals surface area contributed by atoms with Gasteiger partial charge < -0.3 is 5.73 Å². The number of aromatic nitrogens is 2. The van der Waals surface area contributed by atoms with Gasteiger partial charge in [-0.15, -0.1) is 11.3 Å². The second-order valence-corrected chi connectivity index (χ2v) is 4.56. The van der Waals surface area contributed by atoms with Crippen molar-refractivity contribution in [2.24, 2.45) is 5.73 Å². The summed E-state index contributed by atoms with van der Waals surface area (Å²) in [7, 11) is 0. The Labute approximate surface area is 93.0 Å². The van der Waals surface area contributed by atoms with Gasteiger partial charge in [0.25, 0.3) is 0 Å². The van der Waals surface area contributed by atoms with Gasteiger partial charge in [-0.1, -0.05) is 0 Å². The van der Waals surface area contributed by atoms with Gasteiger partial charge in [-0.05, 0) is 31.0 Å². The Morgan fingerprint density at radius 3 is 2.80 bits per heavy atom. The fourth-order valence-corrected chi connectivity index (χ4v) is 2.13. The van der Waals surface area contributed by atoms with Crippen LogP contribution in [0, 0.1) is 13.8 Å². The minimum absolute atomic E-state index is 0.163. The Kier molecular flexibility index (Phi) is 2.79. The van der Waals surface area contributed by atoms with E-state index < -0.39 is 0 Å². The molecule has 0 amide bonds. The third-order valence-electron chi connectivity index (χ3n) is 2.37. The molecule has 2 aromatic heterocycles. The van der Waals surface area contributed by atoms with Crippen molar-refractivity contribution in [2.75, 3.05) is 0 Å². The van der Waals surface area contributed by atoms with Crippen LogP contribution in [-0.2, 0) is 0 Å². The van der Waals surface area contributed by atoms with Crippen molar-refractivity contribution >= 4 is 11.3 Å². The zero-order chi connectivity index (χ0) is 10.8. The molecule has 0 radical (unpaired) electrons. The Bertz CT molecular complexity index is 464. The van der Waals surface area contributed by atoms with Gasteiger partial charge in [0.05, 0.1) is 16.7 Å². The van der Waals surface area contributed by atoms with Crippen molar-refractivity contribution in [3.8, 4) is 0 Å². The fraction of sp³-hybridized carbons (Fsp3) is 0.273. The second-order valence-electron chi connectivity index (χ2n) is 3.50. The number of nitrogens with two attached hydrogens (primary N) is 1. The first-order valence-electron chi connectivity index (χ1n) is 4.76. The monoisotopic (exact) mass is 219 g/mol. The van der Waals surface area contributed by atoms with E-state index in [4.69, 9.17) is 5.73 Å². The number of hydrogen-bond acceptors (Lipinski definition) is 4. The van der Waals surface area contributed by atoms with Crippen molar-refractivity contribution in [3.05, 3.63) is 45.7 Å². The van der Waals surface area contributed by atoms with E-state index in [1.807, 2.05) is 31.5 Å². The minimum atomic E-state index is -0.163. The van der Waals surface area contributed by atoms with E-state index in [0.717, 1.165) is 21.8 Å². The molecule has 2 heterocycles. The van der Waals surface area contributed by atoms with Gasteiger partial charge >= 0.3 is 0 Å². The molecule has 1 unspecified atom stereocenters. The van der Waals surface area contributed by atoms with Gasteiger partial charge in [0.1, 0.15) is 0 Å². The summed E-state index contributed by atoms with van der Waals surface area (Å²) in [6.07, 6.45) is 3.59. The molecule has 2 N–H and O–H groups in total. The molecule has 0 fully saturated rings. The number of aryl methyl sites for hydroxylation is 2. The highest BCUT2D eigenvalue weighted by Gasteiger charge is 2.13. The third-order valence-corrected chi connectivity index (χ3v) is 3.16. The molecular formula is C11H13N3S. The third kappa shape index (κ3) is 2.06. The Morgan fingerprint density at radius 1 is 1.40 bits per heavy atom. The standard InChI is InChI=1S/C11H13N3S/c1-7-3-4-13-5-9(7)11(12)10-6-15-8(2)14-10/h3-6,11H,12H2,1-2H3. The van der Waals surface area contributed by atoms with Crippen molar-refractivity contribution in [3.63, 3.8) is 0 Å². The van der Waals surface area contributed by atoms with E-state index in [1.54, 1.807) is 17.5 Å². The molecule has 0 aliphatic heterocycles. The van der Waals surface area contributed by atoms with Crippen LogP contribution in [0.1, 0.15) is 27.9 Å². The number of hydrogen-bond donors (Lipinski definition) is 1. The normalized spacial score (nSPS) is 12.7. The number of thiazole rings is 1.